The Labute approximate surface area is 148 Å². The second-order valence-corrected chi connectivity index (χ2v) is 7.17. The third kappa shape index (κ3) is 3.34. The zero-order valence-electron chi connectivity index (χ0n) is 13.9. The summed E-state index contributed by atoms with van der Waals surface area (Å²) < 4.78 is 10.6. The van der Waals surface area contributed by atoms with Crippen molar-refractivity contribution in [3.8, 4) is 5.88 Å². The number of hydrogen-bond donors (Lipinski definition) is 1. The number of aromatic nitrogens is 3. The molecule has 7 nitrogen and oxygen atoms in total. The van der Waals surface area contributed by atoms with E-state index in [9.17, 15) is 4.79 Å². The van der Waals surface area contributed by atoms with Gasteiger partial charge in [-0.1, -0.05) is 11.6 Å². The molecule has 3 aromatic heterocycles. The number of nitrogens with one attached hydrogen (secondary N) is 1. The smallest absolute Gasteiger partial charge is 0.263 e. The number of anilines is 1. The zero-order chi connectivity index (χ0) is 17.2. The molecule has 0 saturated carbocycles. The number of hydrogen-bond acceptors (Lipinski definition) is 7. The third-order valence-electron chi connectivity index (χ3n) is 4.20. The molecule has 25 heavy (non-hydrogen) atoms. The first-order valence-corrected chi connectivity index (χ1v) is 9.13. The number of amides is 1. The second-order valence-electron chi connectivity index (χ2n) is 6.08. The number of rotatable bonds is 4. The third-order valence-corrected chi connectivity index (χ3v) is 5.40. The first-order valence-electron chi connectivity index (χ1n) is 8.32. The predicted molar refractivity (Wildman–Crippen MR) is 94.0 cm³/mol. The van der Waals surface area contributed by atoms with Crippen LogP contribution < -0.4 is 10.1 Å². The summed E-state index contributed by atoms with van der Waals surface area (Å²) in [6.45, 7) is 1.63. The summed E-state index contributed by atoms with van der Waals surface area (Å²) >= 11 is 1.71. The number of thiophene rings is 1. The first-order chi connectivity index (χ1) is 12.2. The lowest BCUT2D eigenvalue weighted by Crippen LogP contribution is -2.20. The zero-order valence-corrected chi connectivity index (χ0v) is 14.7. The van der Waals surface area contributed by atoms with Gasteiger partial charge >= 0.3 is 0 Å². The molecule has 0 aromatic carbocycles. The molecular formula is C17H18N4O3S. The van der Waals surface area contributed by atoms with Crippen LogP contribution in [0.2, 0.25) is 0 Å². The Morgan fingerprint density at radius 1 is 1.32 bits per heavy atom. The maximum atomic E-state index is 12.1. The molecule has 4 rings (SSSR count). The average Bonchev–Trinajstić information content (AvgIpc) is 3.08. The Morgan fingerprint density at radius 2 is 2.20 bits per heavy atom. The summed E-state index contributed by atoms with van der Waals surface area (Å²) in [7, 11) is 0. The van der Waals surface area contributed by atoms with Crippen LogP contribution in [0, 0.1) is 6.92 Å². The molecule has 0 saturated heterocycles. The fourth-order valence-corrected chi connectivity index (χ4v) is 4.31. The Morgan fingerprint density at radius 3 is 3.04 bits per heavy atom. The molecule has 0 unspecified atom stereocenters. The highest BCUT2D eigenvalue weighted by atomic mass is 32.1. The van der Waals surface area contributed by atoms with E-state index >= 15 is 0 Å². The molecule has 3 aromatic rings. The minimum atomic E-state index is -0.304. The van der Waals surface area contributed by atoms with Gasteiger partial charge in [-0.2, -0.15) is 0 Å². The number of aryl methyl sites for hydroxylation is 3. The number of carbonyl (C=O) groups is 1. The number of fused-ring (bicyclic) bond motifs is 3. The van der Waals surface area contributed by atoms with E-state index in [0.717, 1.165) is 23.1 Å². The van der Waals surface area contributed by atoms with E-state index < -0.39 is 0 Å². The van der Waals surface area contributed by atoms with Gasteiger partial charge in [0, 0.05) is 10.9 Å². The van der Waals surface area contributed by atoms with E-state index in [2.05, 4.69) is 20.4 Å². The molecule has 1 amide bonds. The summed E-state index contributed by atoms with van der Waals surface area (Å²) in [5, 5.41) is 7.34. The van der Waals surface area contributed by atoms with Gasteiger partial charge in [0.2, 0.25) is 5.88 Å². The maximum Gasteiger partial charge on any atom is 0.263 e. The van der Waals surface area contributed by atoms with Crippen molar-refractivity contribution in [1.29, 1.82) is 0 Å². The lowest BCUT2D eigenvalue weighted by atomic mass is 10.1. The van der Waals surface area contributed by atoms with Crippen molar-refractivity contribution in [3.63, 3.8) is 0 Å². The van der Waals surface area contributed by atoms with Gasteiger partial charge in [0.15, 0.2) is 12.4 Å². The Bertz CT molecular complexity index is 918. The molecule has 3 heterocycles. The van der Waals surface area contributed by atoms with Crippen molar-refractivity contribution in [2.24, 2.45) is 0 Å². The van der Waals surface area contributed by atoms with Crippen LogP contribution in [0.4, 0.5) is 5.82 Å². The van der Waals surface area contributed by atoms with Gasteiger partial charge in [-0.3, -0.25) is 4.79 Å². The highest BCUT2D eigenvalue weighted by Gasteiger charge is 2.20. The molecule has 0 atom stereocenters. The van der Waals surface area contributed by atoms with Crippen molar-refractivity contribution < 1.29 is 14.1 Å². The Kier molecular flexibility index (Phi) is 4.35. The van der Waals surface area contributed by atoms with Crippen molar-refractivity contribution in [2.75, 3.05) is 11.9 Å². The van der Waals surface area contributed by atoms with Gasteiger partial charge in [-0.05, 0) is 38.2 Å². The summed E-state index contributed by atoms with van der Waals surface area (Å²) in [6.07, 6.45) is 7.21. The van der Waals surface area contributed by atoms with Gasteiger partial charge < -0.3 is 14.6 Å². The summed E-state index contributed by atoms with van der Waals surface area (Å²) in [6, 6.07) is 1.65. The molecule has 0 bridgehead atoms. The molecule has 130 valence electrons. The van der Waals surface area contributed by atoms with Crippen LogP contribution in [0.3, 0.4) is 0 Å². The maximum absolute atomic E-state index is 12.1. The van der Waals surface area contributed by atoms with Crippen LogP contribution in [0.15, 0.2) is 16.9 Å². The van der Waals surface area contributed by atoms with E-state index in [0.29, 0.717) is 17.5 Å². The quantitative estimate of drug-likeness (QED) is 0.720. The molecule has 1 aliphatic rings. The topological polar surface area (TPSA) is 90.1 Å². The van der Waals surface area contributed by atoms with Gasteiger partial charge in [-0.25, -0.2) is 9.97 Å². The lowest BCUT2D eigenvalue weighted by molar-refractivity contribution is -0.118. The summed E-state index contributed by atoms with van der Waals surface area (Å²) in [5.74, 6) is 1.19. The van der Waals surface area contributed by atoms with E-state index in [1.807, 2.05) is 0 Å². The molecule has 8 heteroatoms. The average molecular weight is 358 g/mol. The van der Waals surface area contributed by atoms with Gasteiger partial charge in [0.1, 0.15) is 16.9 Å². The van der Waals surface area contributed by atoms with Crippen LogP contribution in [0.25, 0.3) is 10.2 Å². The van der Waals surface area contributed by atoms with Gasteiger partial charge in [0.05, 0.1) is 5.39 Å². The van der Waals surface area contributed by atoms with Crippen LogP contribution in [0.1, 0.15) is 35.5 Å². The largest absolute Gasteiger partial charge is 0.467 e. The van der Waals surface area contributed by atoms with Crippen molar-refractivity contribution in [1.82, 2.24) is 15.1 Å². The number of carbonyl (C=O) groups excluding carboxylic acids is 1. The molecule has 0 spiro atoms. The van der Waals surface area contributed by atoms with Gasteiger partial charge in [0.25, 0.3) is 5.91 Å². The minimum Gasteiger partial charge on any atom is -0.467 e. The molecule has 0 aliphatic heterocycles. The molecule has 0 fully saturated rings. The van der Waals surface area contributed by atoms with Crippen LogP contribution in [-0.4, -0.2) is 27.6 Å². The van der Waals surface area contributed by atoms with E-state index in [1.165, 1.54) is 36.0 Å². The highest BCUT2D eigenvalue weighted by molar-refractivity contribution is 7.18. The Hall–Kier alpha value is -2.48. The van der Waals surface area contributed by atoms with Crippen LogP contribution in [0.5, 0.6) is 5.88 Å². The van der Waals surface area contributed by atoms with Crippen LogP contribution >= 0.6 is 11.3 Å². The first kappa shape index (κ1) is 16.0. The number of ether oxygens (including phenoxy) is 1. The van der Waals surface area contributed by atoms with Crippen molar-refractivity contribution in [2.45, 2.75) is 39.0 Å². The molecule has 0 radical (unpaired) electrons. The standard InChI is InChI=1S/C17H18N4O3S/c1-10-7-13(21-24-10)20-14(22)8-23-16-15-11-5-3-2-4-6-12(11)25-17(15)19-9-18-16/h7,9H,2-6,8H2,1H3,(H,20,21,22). The molecule has 1 N–H and O–H groups in total. The summed E-state index contributed by atoms with van der Waals surface area (Å²) in [4.78, 5) is 23.0. The normalized spacial score (nSPS) is 14.1. The fourth-order valence-electron chi connectivity index (χ4n) is 3.09. The number of nitrogens with zero attached hydrogens (tertiary/aromatic N) is 3. The van der Waals surface area contributed by atoms with Gasteiger partial charge in [-0.15, -0.1) is 11.3 Å². The Balaban J connectivity index is 1.53. The molecular weight excluding hydrogens is 340 g/mol. The minimum absolute atomic E-state index is 0.136. The second kappa shape index (κ2) is 6.79. The summed E-state index contributed by atoms with van der Waals surface area (Å²) in [5.41, 5.74) is 1.29. The van der Waals surface area contributed by atoms with E-state index in [4.69, 9.17) is 9.26 Å². The van der Waals surface area contributed by atoms with E-state index in [-0.39, 0.29) is 12.5 Å². The SMILES string of the molecule is Cc1cc(NC(=O)COc2ncnc3sc4c(c23)CCCCC4)no1. The highest BCUT2D eigenvalue weighted by Crippen LogP contribution is 2.38. The van der Waals surface area contributed by atoms with Crippen LogP contribution in [-0.2, 0) is 17.6 Å². The fraction of sp³-hybridized carbons (Fsp3) is 0.412. The monoisotopic (exact) mass is 358 g/mol. The predicted octanol–water partition coefficient (Wildman–Crippen LogP) is 3.27. The van der Waals surface area contributed by atoms with E-state index in [1.54, 1.807) is 24.3 Å². The molecule has 1 aliphatic carbocycles. The van der Waals surface area contributed by atoms with Crippen molar-refractivity contribution in [3.05, 3.63) is 28.6 Å². The van der Waals surface area contributed by atoms with Crippen molar-refractivity contribution >= 4 is 33.3 Å². The lowest BCUT2D eigenvalue weighted by Gasteiger charge is -2.07.